The first kappa shape index (κ1) is 23.7. The van der Waals surface area contributed by atoms with Crippen LogP contribution >= 0.6 is 7.44 Å². The van der Waals surface area contributed by atoms with Crippen molar-refractivity contribution >= 4 is 13.5 Å². The Bertz CT molecular complexity index is 743. The minimum atomic E-state index is -3.18. The van der Waals surface area contributed by atoms with Crippen molar-refractivity contribution in [3.63, 3.8) is 0 Å². The van der Waals surface area contributed by atoms with E-state index < -0.39 is 13.3 Å². The van der Waals surface area contributed by atoms with Crippen LogP contribution in [0.3, 0.4) is 0 Å². The molecule has 1 heterocycles. The molecule has 0 spiro atoms. The molecule has 0 bridgehead atoms. The first-order valence-electron chi connectivity index (χ1n) is 11.5. The topological polar surface area (TPSA) is 43.8 Å². The molecule has 3 atom stereocenters. The molecule has 4 nitrogen and oxygen atoms in total. The van der Waals surface area contributed by atoms with Crippen molar-refractivity contribution in [2.24, 2.45) is 10.8 Å². The first-order chi connectivity index (χ1) is 13.9. The van der Waals surface area contributed by atoms with Gasteiger partial charge in [0.05, 0.1) is 0 Å². The molecular formula is C25H41N2O2P. The van der Waals surface area contributed by atoms with Crippen molar-refractivity contribution in [3.8, 4) is 0 Å². The van der Waals surface area contributed by atoms with Gasteiger partial charge in [0.1, 0.15) is 0 Å². The van der Waals surface area contributed by atoms with Crippen molar-refractivity contribution in [2.75, 3.05) is 13.1 Å². The summed E-state index contributed by atoms with van der Waals surface area (Å²) in [5.74, 6) is -0.993. The second-order valence-electron chi connectivity index (χ2n) is 11.5. The zero-order valence-electron chi connectivity index (χ0n) is 19.7. The Morgan fingerprint density at radius 2 is 1.43 bits per heavy atom. The fourth-order valence-corrected chi connectivity index (χ4v) is 8.80. The van der Waals surface area contributed by atoms with E-state index in [0.29, 0.717) is 0 Å². The number of aliphatic hydroxyl groups excluding tert-OH is 1. The maximum absolute atomic E-state index is 14.9. The summed E-state index contributed by atoms with van der Waals surface area (Å²) in [6.45, 7) is 14.7. The van der Waals surface area contributed by atoms with Gasteiger partial charge in [-0.25, -0.2) is 9.34 Å². The molecule has 3 rings (SSSR count). The monoisotopic (exact) mass is 432 g/mol. The van der Waals surface area contributed by atoms with Crippen LogP contribution in [0.25, 0.3) is 6.08 Å². The molecule has 1 N–H and O–H groups in total. The molecule has 0 aromatic heterocycles. The molecule has 1 saturated carbocycles. The standard InChI is InChI=1S/C25H41N2O2P/c1-24(2,3)18-26-21-14-10-11-15-22(21)27(19-25(4,5)6)30(26,29)23(28)17-16-20-12-8-7-9-13-20/h7-9,12-13,16-17,21-23,28H,10-11,14-15,18-19H2,1-6H3/b17-16+/t21-,22-,23?/m1/s1. The molecule has 168 valence electrons. The van der Waals surface area contributed by atoms with E-state index in [1.807, 2.05) is 36.4 Å². The molecule has 1 saturated heterocycles. The summed E-state index contributed by atoms with van der Waals surface area (Å²) < 4.78 is 19.3. The average Bonchev–Trinajstić information content (AvgIpc) is 2.88. The van der Waals surface area contributed by atoms with E-state index in [1.54, 1.807) is 6.08 Å². The van der Waals surface area contributed by atoms with Crippen molar-refractivity contribution in [3.05, 3.63) is 42.0 Å². The second kappa shape index (κ2) is 8.90. The fraction of sp³-hybridized carbons (Fsp3) is 0.680. The number of hydrogen-bond donors (Lipinski definition) is 1. The van der Waals surface area contributed by atoms with Gasteiger partial charge in [-0.15, -0.1) is 0 Å². The lowest BCUT2D eigenvalue weighted by Crippen LogP contribution is -2.43. The van der Waals surface area contributed by atoms with E-state index in [-0.39, 0.29) is 22.9 Å². The maximum Gasteiger partial charge on any atom is 0.248 e. The highest BCUT2D eigenvalue weighted by Gasteiger charge is 2.58. The number of aliphatic hydroxyl groups is 1. The molecule has 2 aliphatic rings. The fourth-order valence-electron chi connectivity index (χ4n) is 4.95. The quantitative estimate of drug-likeness (QED) is 0.560. The third-order valence-corrected chi connectivity index (χ3v) is 9.28. The summed E-state index contributed by atoms with van der Waals surface area (Å²) in [6.07, 6.45) is 8.18. The van der Waals surface area contributed by atoms with Gasteiger partial charge in [0, 0.05) is 25.2 Å². The predicted molar refractivity (Wildman–Crippen MR) is 127 cm³/mol. The van der Waals surface area contributed by atoms with Crippen LogP contribution in [0.5, 0.6) is 0 Å². The molecule has 1 aromatic rings. The van der Waals surface area contributed by atoms with Crippen LogP contribution in [0, 0.1) is 10.8 Å². The predicted octanol–water partition coefficient (Wildman–Crippen LogP) is 6.23. The van der Waals surface area contributed by atoms with Crippen LogP contribution in [0.1, 0.15) is 72.8 Å². The maximum atomic E-state index is 14.9. The molecule has 1 aliphatic heterocycles. The molecule has 1 aliphatic carbocycles. The highest BCUT2D eigenvalue weighted by molar-refractivity contribution is 7.60. The van der Waals surface area contributed by atoms with E-state index in [0.717, 1.165) is 31.5 Å². The van der Waals surface area contributed by atoms with Crippen LogP contribution in [0.2, 0.25) is 0 Å². The number of rotatable bonds is 5. The largest absolute Gasteiger partial charge is 0.378 e. The molecule has 5 heteroatoms. The van der Waals surface area contributed by atoms with Crippen LogP contribution in [0.4, 0.5) is 0 Å². The SMILES string of the molecule is CC(C)(C)CN1[C@@H]2CCCC[C@H]2N(CC(C)(C)C)P1(=O)C(O)/C=C/c1ccccc1. The Morgan fingerprint density at radius 1 is 0.967 bits per heavy atom. The van der Waals surface area contributed by atoms with Gasteiger partial charge in [-0.2, -0.15) is 0 Å². The zero-order chi connectivity index (χ0) is 22.2. The van der Waals surface area contributed by atoms with Gasteiger partial charge in [0.2, 0.25) is 7.44 Å². The highest BCUT2D eigenvalue weighted by atomic mass is 31.2. The first-order valence-corrected chi connectivity index (χ1v) is 13.2. The van der Waals surface area contributed by atoms with Crippen molar-refractivity contribution < 1.29 is 9.67 Å². The molecule has 30 heavy (non-hydrogen) atoms. The van der Waals surface area contributed by atoms with Crippen LogP contribution < -0.4 is 0 Å². The Morgan fingerprint density at radius 3 is 1.87 bits per heavy atom. The van der Waals surface area contributed by atoms with Gasteiger partial charge in [0.15, 0.2) is 5.85 Å². The lowest BCUT2D eigenvalue weighted by molar-refractivity contribution is 0.159. The molecule has 2 fully saturated rings. The van der Waals surface area contributed by atoms with Gasteiger partial charge >= 0.3 is 0 Å². The summed E-state index contributed by atoms with van der Waals surface area (Å²) in [5, 5.41) is 11.4. The molecule has 0 radical (unpaired) electrons. The molecule has 1 aromatic carbocycles. The lowest BCUT2D eigenvalue weighted by atomic mass is 9.87. The van der Waals surface area contributed by atoms with Crippen LogP contribution in [-0.2, 0) is 4.57 Å². The van der Waals surface area contributed by atoms with Gasteiger partial charge < -0.3 is 5.11 Å². The van der Waals surface area contributed by atoms with Crippen LogP contribution in [-0.4, -0.2) is 45.5 Å². The van der Waals surface area contributed by atoms with Crippen molar-refractivity contribution in [1.82, 2.24) is 9.34 Å². The Kier molecular flexibility index (Phi) is 7.04. The molecule has 1 unspecified atom stereocenters. The average molecular weight is 433 g/mol. The number of hydrogen-bond acceptors (Lipinski definition) is 2. The zero-order valence-corrected chi connectivity index (χ0v) is 20.6. The van der Waals surface area contributed by atoms with Crippen molar-refractivity contribution in [1.29, 1.82) is 0 Å². The van der Waals surface area contributed by atoms with Gasteiger partial charge in [-0.3, -0.25) is 4.57 Å². The summed E-state index contributed by atoms with van der Waals surface area (Å²) in [6, 6.07) is 10.5. The van der Waals surface area contributed by atoms with E-state index in [4.69, 9.17) is 0 Å². The Hall–Kier alpha value is -0.930. The minimum Gasteiger partial charge on any atom is -0.378 e. The number of nitrogens with zero attached hydrogens (tertiary/aromatic N) is 2. The van der Waals surface area contributed by atoms with Gasteiger partial charge in [-0.1, -0.05) is 90.8 Å². The minimum absolute atomic E-state index is 0.0122. The Labute approximate surface area is 183 Å². The Balaban J connectivity index is 2.02. The second-order valence-corrected chi connectivity index (χ2v) is 14.2. The van der Waals surface area contributed by atoms with Gasteiger partial charge in [0.25, 0.3) is 0 Å². The normalized spacial score (nSPS) is 26.8. The summed E-state index contributed by atoms with van der Waals surface area (Å²) in [5.41, 5.74) is 1.04. The third-order valence-electron chi connectivity index (χ3n) is 6.07. The van der Waals surface area contributed by atoms with E-state index in [9.17, 15) is 9.67 Å². The summed E-state index contributed by atoms with van der Waals surface area (Å²) in [4.78, 5) is 0. The lowest BCUT2D eigenvalue weighted by Gasteiger charge is -2.39. The smallest absolute Gasteiger partial charge is 0.248 e. The van der Waals surface area contributed by atoms with E-state index >= 15 is 0 Å². The third kappa shape index (κ3) is 5.27. The summed E-state index contributed by atoms with van der Waals surface area (Å²) in [7, 11) is -3.18. The summed E-state index contributed by atoms with van der Waals surface area (Å²) >= 11 is 0. The van der Waals surface area contributed by atoms with Crippen molar-refractivity contribution in [2.45, 2.75) is 85.2 Å². The molecular weight excluding hydrogens is 391 g/mol. The number of benzene rings is 1. The highest BCUT2D eigenvalue weighted by Crippen LogP contribution is 2.67. The van der Waals surface area contributed by atoms with Gasteiger partial charge in [-0.05, 0) is 35.3 Å². The van der Waals surface area contributed by atoms with E-state index in [2.05, 4.69) is 50.9 Å². The van der Waals surface area contributed by atoms with Crippen LogP contribution in [0.15, 0.2) is 36.4 Å². The number of fused-ring (bicyclic) bond motifs is 1. The molecule has 0 amide bonds. The van der Waals surface area contributed by atoms with E-state index in [1.165, 1.54) is 12.8 Å².